The number of hydrogen-bond acceptors (Lipinski definition) is 5. The van der Waals surface area contributed by atoms with Crippen LogP contribution < -0.4 is 10.3 Å². The molecule has 0 aliphatic heterocycles. The number of pyridine rings is 2. The van der Waals surface area contributed by atoms with E-state index in [2.05, 4.69) is 4.98 Å². The van der Waals surface area contributed by atoms with E-state index in [0.29, 0.717) is 39.2 Å². The molecule has 25 heavy (non-hydrogen) atoms. The highest BCUT2D eigenvalue weighted by atomic mass is 16.5. The van der Waals surface area contributed by atoms with Gasteiger partial charge in [-0.3, -0.25) is 14.3 Å². The number of rotatable bonds is 3. The summed E-state index contributed by atoms with van der Waals surface area (Å²) in [6.07, 6.45) is 1.65. The zero-order valence-corrected chi connectivity index (χ0v) is 14.5. The maximum atomic E-state index is 13.0. The second-order valence-corrected chi connectivity index (χ2v) is 5.63. The Morgan fingerprint density at radius 2 is 1.72 bits per heavy atom. The minimum atomic E-state index is -0.503. The van der Waals surface area contributed by atoms with E-state index in [0.717, 1.165) is 0 Å². The van der Waals surface area contributed by atoms with Crippen LogP contribution in [-0.2, 0) is 4.74 Å². The molecule has 0 aliphatic carbocycles. The smallest absolute Gasteiger partial charge is 0.340 e. The van der Waals surface area contributed by atoms with Gasteiger partial charge in [-0.1, -0.05) is 0 Å². The van der Waals surface area contributed by atoms with E-state index < -0.39 is 5.97 Å². The van der Waals surface area contributed by atoms with Crippen molar-refractivity contribution in [2.45, 2.75) is 13.8 Å². The van der Waals surface area contributed by atoms with Crippen LogP contribution in [0.5, 0.6) is 5.75 Å². The number of aromatic nitrogens is 2. The van der Waals surface area contributed by atoms with Crippen molar-refractivity contribution >= 4 is 16.7 Å². The van der Waals surface area contributed by atoms with Crippen molar-refractivity contribution in [3.05, 3.63) is 63.8 Å². The van der Waals surface area contributed by atoms with Crippen molar-refractivity contribution in [3.8, 4) is 11.4 Å². The minimum absolute atomic E-state index is 0.238. The highest BCUT2D eigenvalue weighted by molar-refractivity contribution is 6.05. The number of esters is 1. The molecule has 0 spiro atoms. The van der Waals surface area contributed by atoms with Crippen LogP contribution in [0.1, 0.15) is 21.7 Å². The van der Waals surface area contributed by atoms with Crippen molar-refractivity contribution in [2.24, 2.45) is 0 Å². The SMILES string of the molecule is COC(=O)c1c(C)nc(C)c2c(=O)n(-c3ccc(OC)cc3)ccc12. The van der Waals surface area contributed by atoms with Crippen LogP contribution in [-0.4, -0.2) is 29.7 Å². The van der Waals surface area contributed by atoms with Gasteiger partial charge in [0, 0.05) is 17.3 Å². The van der Waals surface area contributed by atoms with Gasteiger partial charge < -0.3 is 9.47 Å². The van der Waals surface area contributed by atoms with Crippen molar-refractivity contribution < 1.29 is 14.3 Å². The molecule has 0 N–H and O–H groups in total. The molecule has 0 saturated heterocycles. The maximum absolute atomic E-state index is 13.0. The number of hydrogen-bond donors (Lipinski definition) is 0. The summed E-state index contributed by atoms with van der Waals surface area (Å²) in [5.41, 5.74) is 1.90. The second kappa shape index (κ2) is 6.39. The summed E-state index contributed by atoms with van der Waals surface area (Å²) in [5, 5.41) is 0.955. The van der Waals surface area contributed by atoms with Gasteiger partial charge in [0.15, 0.2) is 0 Å². The summed E-state index contributed by atoms with van der Waals surface area (Å²) in [7, 11) is 2.90. The molecule has 3 rings (SSSR count). The van der Waals surface area contributed by atoms with Crippen LogP contribution in [0, 0.1) is 13.8 Å². The predicted molar refractivity (Wildman–Crippen MR) is 94.7 cm³/mol. The summed E-state index contributed by atoms with van der Waals surface area (Å²) < 4.78 is 11.5. The Hall–Kier alpha value is -3.15. The standard InChI is InChI=1S/C19H18N2O4/c1-11-16-15(17(12(2)20-11)19(23)25-4)9-10-21(18(16)22)13-5-7-14(24-3)8-6-13/h5-10H,1-4H3. The van der Waals surface area contributed by atoms with Crippen molar-refractivity contribution in [1.82, 2.24) is 9.55 Å². The van der Waals surface area contributed by atoms with Crippen LogP contribution >= 0.6 is 0 Å². The van der Waals surface area contributed by atoms with Crippen molar-refractivity contribution in [3.63, 3.8) is 0 Å². The quantitative estimate of drug-likeness (QED) is 0.687. The summed E-state index contributed by atoms with van der Waals surface area (Å²) >= 11 is 0. The largest absolute Gasteiger partial charge is 0.497 e. The van der Waals surface area contributed by atoms with Gasteiger partial charge in [0.2, 0.25) is 0 Å². The number of ether oxygens (including phenoxy) is 2. The lowest BCUT2D eigenvalue weighted by molar-refractivity contribution is 0.0601. The van der Waals surface area contributed by atoms with Crippen LogP contribution in [0.3, 0.4) is 0 Å². The van der Waals surface area contributed by atoms with Crippen molar-refractivity contribution in [1.29, 1.82) is 0 Å². The zero-order chi connectivity index (χ0) is 18.1. The second-order valence-electron chi connectivity index (χ2n) is 5.63. The Labute approximate surface area is 144 Å². The number of carbonyl (C=O) groups is 1. The van der Waals surface area contributed by atoms with Crippen LogP contribution in [0.2, 0.25) is 0 Å². The third kappa shape index (κ3) is 2.76. The monoisotopic (exact) mass is 338 g/mol. The Bertz CT molecular complexity index is 1020. The van der Waals surface area contributed by atoms with Gasteiger partial charge in [-0.15, -0.1) is 0 Å². The van der Waals surface area contributed by atoms with Gasteiger partial charge in [0.05, 0.1) is 36.6 Å². The van der Waals surface area contributed by atoms with Crippen molar-refractivity contribution in [2.75, 3.05) is 14.2 Å². The maximum Gasteiger partial charge on any atom is 0.340 e. The molecular formula is C19H18N2O4. The molecular weight excluding hydrogens is 320 g/mol. The lowest BCUT2D eigenvalue weighted by Gasteiger charge is -2.13. The molecule has 0 unspecified atom stereocenters. The molecule has 6 nitrogen and oxygen atoms in total. The molecule has 0 aliphatic rings. The number of benzene rings is 1. The first-order valence-corrected chi connectivity index (χ1v) is 7.73. The average molecular weight is 338 g/mol. The Balaban J connectivity index is 2.30. The van der Waals surface area contributed by atoms with Gasteiger partial charge in [0.25, 0.3) is 5.56 Å². The highest BCUT2D eigenvalue weighted by Crippen LogP contribution is 2.23. The third-order valence-electron chi connectivity index (χ3n) is 4.16. The minimum Gasteiger partial charge on any atom is -0.497 e. The fraction of sp³-hybridized carbons (Fsp3) is 0.211. The third-order valence-corrected chi connectivity index (χ3v) is 4.16. The molecule has 2 aromatic heterocycles. The van der Waals surface area contributed by atoms with Gasteiger partial charge in [-0.2, -0.15) is 0 Å². The van der Waals surface area contributed by atoms with E-state index in [4.69, 9.17) is 9.47 Å². The molecule has 128 valence electrons. The first-order valence-electron chi connectivity index (χ1n) is 7.73. The Morgan fingerprint density at radius 1 is 1.04 bits per heavy atom. The summed E-state index contributed by atoms with van der Waals surface area (Å²) in [5.74, 6) is 0.204. The highest BCUT2D eigenvalue weighted by Gasteiger charge is 2.19. The van der Waals surface area contributed by atoms with E-state index >= 15 is 0 Å². The van der Waals surface area contributed by atoms with E-state index in [1.54, 1.807) is 57.5 Å². The molecule has 0 amide bonds. The van der Waals surface area contributed by atoms with Crippen LogP contribution in [0.25, 0.3) is 16.5 Å². The molecule has 0 radical (unpaired) electrons. The first kappa shape index (κ1) is 16.7. The Morgan fingerprint density at radius 3 is 2.32 bits per heavy atom. The lowest BCUT2D eigenvalue weighted by atomic mass is 10.0. The zero-order valence-electron chi connectivity index (χ0n) is 14.5. The average Bonchev–Trinajstić information content (AvgIpc) is 2.61. The van der Waals surface area contributed by atoms with Gasteiger partial charge in [-0.05, 0) is 44.2 Å². The summed E-state index contributed by atoms with van der Waals surface area (Å²) in [6.45, 7) is 3.49. The van der Waals surface area contributed by atoms with Crippen LogP contribution in [0.4, 0.5) is 0 Å². The molecule has 0 atom stereocenters. The predicted octanol–water partition coefficient (Wildman–Crippen LogP) is 2.80. The van der Waals surface area contributed by atoms with Gasteiger partial charge >= 0.3 is 5.97 Å². The normalized spacial score (nSPS) is 10.7. The Kier molecular flexibility index (Phi) is 4.27. The molecule has 6 heteroatoms. The van der Waals surface area contributed by atoms with Crippen LogP contribution in [0.15, 0.2) is 41.3 Å². The number of nitrogens with zero attached hydrogens (tertiary/aromatic N) is 2. The molecule has 2 heterocycles. The molecule has 3 aromatic rings. The van der Waals surface area contributed by atoms with Gasteiger partial charge in [0.1, 0.15) is 5.75 Å². The molecule has 0 saturated carbocycles. The molecule has 1 aromatic carbocycles. The summed E-state index contributed by atoms with van der Waals surface area (Å²) in [4.78, 5) is 29.5. The number of fused-ring (bicyclic) bond motifs is 1. The van der Waals surface area contributed by atoms with E-state index in [9.17, 15) is 9.59 Å². The molecule has 0 bridgehead atoms. The fourth-order valence-corrected chi connectivity index (χ4v) is 2.96. The number of methoxy groups -OCH3 is 2. The number of carbonyl (C=O) groups excluding carboxylic acids is 1. The number of aryl methyl sites for hydroxylation is 2. The van der Waals surface area contributed by atoms with E-state index in [1.165, 1.54) is 11.7 Å². The fourth-order valence-electron chi connectivity index (χ4n) is 2.96. The molecule has 0 fully saturated rings. The summed E-state index contributed by atoms with van der Waals surface area (Å²) in [6, 6.07) is 8.90. The van der Waals surface area contributed by atoms with E-state index in [-0.39, 0.29) is 5.56 Å². The van der Waals surface area contributed by atoms with Gasteiger partial charge in [-0.25, -0.2) is 4.79 Å². The van der Waals surface area contributed by atoms with E-state index in [1.807, 2.05) is 0 Å². The lowest BCUT2D eigenvalue weighted by Crippen LogP contribution is -2.20. The topological polar surface area (TPSA) is 70.4 Å². The first-order chi connectivity index (χ1) is 12.0.